The molecule has 4 heteroatoms. The number of rotatable bonds is 3. The summed E-state index contributed by atoms with van der Waals surface area (Å²) >= 11 is 0. The smallest absolute Gasteiger partial charge is 0.0868 e. The summed E-state index contributed by atoms with van der Waals surface area (Å²) in [5.74, 6) is 0. The second-order valence-corrected chi connectivity index (χ2v) is 2.82. The highest BCUT2D eigenvalue weighted by atomic mass is 14.9. The molecule has 74 valence electrons. The minimum Gasteiger partial charge on any atom is -0.403 e. The Morgan fingerprint density at radius 2 is 2.43 bits per heavy atom. The summed E-state index contributed by atoms with van der Waals surface area (Å²) in [5.41, 5.74) is 8.78. The van der Waals surface area contributed by atoms with E-state index in [1.807, 2.05) is 20.0 Å². The van der Waals surface area contributed by atoms with Crippen LogP contribution in [-0.4, -0.2) is 18.7 Å². The van der Waals surface area contributed by atoms with Gasteiger partial charge < -0.3 is 11.1 Å². The van der Waals surface area contributed by atoms with Crippen LogP contribution in [0, 0.1) is 6.92 Å². The van der Waals surface area contributed by atoms with Gasteiger partial charge in [0.1, 0.15) is 0 Å². The predicted octanol–water partition coefficient (Wildman–Crippen LogP) is 1.39. The third kappa shape index (κ3) is 1.90. The lowest BCUT2D eigenvalue weighted by Gasteiger charge is -2.07. The molecule has 0 saturated heterocycles. The molecule has 0 amide bonds. The van der Waals surface area contributed by atoms with Gasteiger partial charge in [0.2, 0.25) is 0 Å². The predicted molar refractivity (Wildman–Crippen MR) is 60.2 cm³/mol. The number of pyridine rings is 1. The molecule has 3 N–H and O–H groups in total. The fraction of sp³-hybridized carbons (Fsp3) is 0.200. The van der Waals surface area contributed by atoms with Gasteiger partial charge >= 0.3 is 0 Å². The Labute approximate surface area is 83.6 Å². The highest BCUT2D eigenvalue weighted by molar-refractivity contribution is 5.71. The van der Waals surface area contributed by atoms with Crippen molar-refractivity contribution >= 4 is 18.1 Å². The number of aliphatic imine (C=N–C) groups is 1. The average Bonchev–Trinajstić information content (AvgIpc) is 2.22. The first kappa shape index (κ1) is 10.2. The van der Waals surface area contributed by atoms with Crippen LogP contribution in [0.4, 0.5) is 5.69 Å². The van der Waals surface area contributed by atoms with Gasteiger partial charge in [-0.05, 0) is 19.7 Å². The van der Waals surface area contributed by atoms with Gasteiger partial charge in [0.15, 0.2) is 0 Å². The first-order chi connectivity index (χ1) is 6.72. The van der Waals surface area contributed by atoms with Gasteiger partial charge in [-0.1, -0.05) is 0 Å². The molecule has 0 aliphatic carbocycles. The number of hydrogen-bond acceptors (Lipinski definition) is 4. The third-order valence-electron chi connectivity index (χ3n) is 1.98. The molecule has 0 aromatic carbocycles. The molecule has 0 aliphatic heterocycles. The Morgan fingerprint density at radius 1 is 1.71 bits per heavy atom. The Kier molecular flexibility index (Phi) is 3.23. The highest BCUT2D eigenvalue weighted by Crippen LogP contribution is 2.20. The fourth-order valence-electron chi connectivity index (χ4n) is 1.16. The van der Waals surface area contributed by atoms with Crippen LogP contribution in [0.5, 0.6) is 0 Å². The summed E-state index contributed by atoms with van der Waals surface area (Å²) in [6.07, 6.45) is 3.19. The van der Waals surface area contributed by atoms with Crippen LogP contribution in [0.3, 0.4) is 0 Å². The van der Waals surface area contributed by atoms with E-state index in [9.17, 15) is 0 Å². The number of anilines is 1. The minimum atomic E-state index is 0.645. The Bertz CT molecular complexity index is 368. The van der Waals surface area contributed by atoms with Crippen LogP contribution in [0.15, 0.2) is 23.5 Å². The van der Waals surface area contributed by atoms with E-state index >= 15 is 0 Å². The molecular formula is C10H14N4. The molecule has 0 fully saturated rings. The topological polar surface area (TPSA) is 63.3 Å². The van der Waals surface area contributed by atoms with Crippen molar-refractivity contribution in [3.05, 3.63) is 29.7 Å². The molecule has 1 aromatic rings. The molecule has 0 bridgehead atoms. The first-order valence-electron chi connectivity index (χ1n) is 4.26. The Balaban J connectivity index is 3.24. The summed E-state index contributed by atoms with van der Waals surface area (Å²) in [5, 5.41) is 3.01. The van der Waals surface area contributed by atoms with Crippen LogP contribution >= 0.6 is 0 Å². The van der Waals surface area contributed by atoms with E-state index in [1.54, 1.807) is 6.20 Å². The average molecular weight is 190 g/mol. The van der Waals surface area contributed by atoms with Crippen molar-refractivity contribution in [2.24, 2.45) is 10.7 Å². The zero-order chi connectivity index (χ0) is 10.6. The largest absolute Gasteiger partial charge is 0.403 e. The molecule has 14 heavy (non-hydrogen) atoms. The van der Waals surface area contributed by atoms with Crippen LogP contribution in [0.25, 0.3) is 5.70 Å². The summed E-state index contributed by atoms with van der Waals surface area (Å²) < 4.78 is 0. The van der Waals surface area contributed by atoms with Crippen molar-refractivity contribution in [3.63, 3.8) is 0 Å². The summed E-state index contributed by atoms with van der Waals surface area (Å²) in [6.45, 7) is 5.36. The lowest BCUT2D eigenvalue weighted by Crippen LogP contribution is -1.97. The molecule has 1 aromatic heterocycles. The SMILES string of the molecule is C=N/C(=C\N)c1cc(NC)cnc1C. The van der Waals surface area contributed by atoms with Gasteiger partial charge in [0.05, 0.1) is 17.6 Å². The van der Waals surface area contributed by atoms with Gasteiger partial charge in [-0.25, -0.2) is 0 Å². The number of nitrogens with one attached hydrogen (secondary N) is 1. The van der Waals surface area contributed by atoms with Crippen molar-refractivity contribution in [2.75, 3.05) is 12.4 Å². The van der Waals surface area contributed by atoms with Crippen molar-refractivity contribution in [2.45, 2.75) is 6.92 Å². The lowest BCUT2D eigenvalue weighted by atomic mass is 10.1. The van der Waals surface area contributed by atoms with E-state index in [0.29, 0.717) is 5.70 Å². The first-order valence-corrected chi connectivity index (χ1v) is 4.26. The maximum atomic E-state index is 5.43. The number of aryl methyl sites for hydroxylation is 1. The van der Waals surface area contributed by atoms with Gasteiger partial charge in [-0.15, -0.1) is 0 Å². The van der Waals surface area contributed by atoms with Crippen molar-refractivity contribution in [1.82, 2.24) is 4.98 Å². The highest BCUT2D eigenvalue weighted by Gasteiger charge is 2.04. The van der Waals surface area contributed by atoms with E-state index in [-0.39, 0.29) is 0 Å². The minimum absolute atomic E-state index is 0.645. The van der Waals surface area contributed by atoms with Gasteiger partial charge in [0, 0.05) is 24.5 Å². The molecule has 0 saturated carbocycles. The Hall–Kier alpha value is -1.84. The third-order valence-corrected chi connectivity index (χ3v) is 1.98. The summed E-state index contributed by atoms with van der Waals surface area (Å²) in [4.78, 5) is 8.05. The summed E-state index contributed by atoms with van der Waals surface area (Å²) in [6, 6.07) is 1.94. The molecule has 0 unspecified atom stereocenters. The standard InChI is InChI=1S/C10H14N4/c1-7-9(10(5-11)13-3)4-8(12-2)6-14-7/h4-6,12H,3,11H2,1-2H3/b10-5-. The second-order valence-electron chi connectivity index (χ2n) is 2.82. The van der Waals surface area contributed by atoms with Crippen LogP contribution in [0.1, 0.15) is 11.3 Å². The Morgan fingerprint density at radius 3 is 2.93 bits per heavy atom. The molecule has 0 aliphatic rings. The maximum absolute atomic E-state index is 5.43. The van der Waals surface area contributed by atoms with E-state index in [4.69, 9.17) is 5.73 Å². The number of hydrogen-bond donors (Lipinski definition) is 2. The van der Waals surface area contributed by atoms with Crippen molar-refractivity contribution < 1.29 is 0 Å². The normalized spacial score (nSPS) is 11.1. The number of aromatic nitrogens is 1. The van der Waals surface area contributed by atoms with Crippen LogP contribution in [-0.2, 0) is 0 Å². The van der Waals surface area contributed by atoms with Gasteiger partial charge in [-0.3, -0.25) is 9.98 Å². The zero-order valence-electron chi connectivity index (χ0n) is 8.41. The van der Waals surface area contributed by atoms with E-state index in [0.717, 1.165) is 16.9 Å². The number of nitrogens with zero attached hydrogens (tertiary/aromatic N) is 2. The molecule has 0 atom stereocenters. The second kappa shape index (κ2) is 4.41. The van der Waals surface area contributed by atoms with Gasteiger partial charge in [0.25, 0.3) is 0 Å². The fourth-order valence-corrected chi connectivity index (χ4v) is 1.16. The molecule has 4 nitrogen and oxygen atoms in total. The molecule has 1 heterocycles. The quantitative estimate of drug-likeness (QED) is 0.708. The zero-order valence-corrected chi connectivity index (χ0v) is 8.41. The van der Waals surface area contributed by atoms with Gasteiger partial charge in [-0.2, -0.15) is 0 Å². The monoisotopic (exact) mass is 190 g/mol. The van der Waals surface area contributed by atoms with Crippen molar-refractivity contribution in [3.8, 4) is 0 Å². The maximum Gasteiger partial charge on any atom is 0.0868 e. The molecular weight excluding hydrogens is 176 g/mol. The van der Waals surface area contributed by atoms with Crippen LogP contribution in [0.2, 0.25) is 0 Å². The van der Waals surface area contributed by atoms with E-state index in [1.165, 1.54) is 6.20 Å². The van der Waals surface area contributed by atoms with E-state index in [2.05, 4.69) is 22.0 Å². The lowest BCUT2D eigenvalue weighted by molar-refractivity contribution is 1.17. The van der Waals surface area contributed by atoms with Crippen molar-refractivity contribution in [1.29, 1.82) is 0 Å². The molecule has 1 rings (SSSR count). The molecule has 0 radical (unpaired) electrons. The number of nitrogens with two attached hydrogens (primary N) is 1. The molecule has 0 spiro atoms. The van der Waals surface area contributed by atoms with Crippen LogP contribution < -0.4 is 11.1 Å². The summed E-state index contributed by atoms with van der Waals surface area (Å²) in [7, 11) is 1.84. The van der Waals surface area contributed by atoms with E-state index < -0.39 is 0 Å².